The largest absolute Gasteiger partial charge is 0.399 e. The van der Waals surface area contributed by atoms with Gasteiger partial charge in [-0.05, 0) is 30.7 Å². The third-order valence-electron chi connectivity index (χ3n) is 2.73. The molecular weight excluding hydrogens is 188 g/mol. The molecule has 0 aliphatic heterocycles. The molecule has 1 heterocycles. The predicted molar refractivity (Wildman–Crippen MR) is 61.9 cm³/mol. The van der Waals surface area contributed by atoms with Crippen LogP contribution in [0.5, 0.6) is 0 Å². The summed E-state index contributed by atoms with van der Waals surface area (Å²) in [5.41, 5.74) is 7.49. The van der Waals surface area contributed by atoms with Crippen molar-refractivity contribution in [3.8, 4) is 0 Å². The molecule has 2 rings (SSSR count). The van der Waals surface area contributed by atoms with Crippen molar-refractivity contribution in [2.45, 2.75) is 39.2 Å². The quantitative estimate of drug-likeness (QED) is 0.821. The van der Waals surface area contributed by atoms with E-state index in [2.05, 4.69) is 13.8 Å². The van der Waals surface area contributed by atoms with E-state index < -0.39 is 0 Å². The lowest BCUT2D eigenvalue weighted by atomic mass is 10.1. The first-order valence-corrected chi connectivity index (χ1v) is 5.58. The molecule has 1 fully saturated rings. The van der Waals surface area contributed by atoms with Gasteiger partial charge in [0.2, 0.25) is 0 Å². The van der Waals surface area contributed by atoms with E-state index in [-0.39, 0.29) is 5.56 Å². The van der Waals surface area contributed by atoms with E-state index in [0.717, 1.165) is 12.2 Å². The molecule has 0 bridgehead atoms. The predicted octanol–water partition coefficient (Wildman–Crippen LogP) is 1.96. The van der Waals surface area contributed by atoms with Crippen molar-refractivity contribution in [2.24, 2.45) is 5.92 Å². The minimum absolute atomic E-state index is 0.0469. The van der Waals surface area contributed by atoms with Gasteiger partial charge in [-0.2, -0.15) is 0 Å². The van der Waals surface area contributed by atoms with Gasteiger partial charge in [0, 0.05) is 24.0 Å². The highest BCUT2D eigenvalue weighted by Crippen LogP contribution is 2.40. The zero-order valence-electron chi connectivity index (χ0n) is 9.36. The third kappa shape index (κ3) is 2.22. The number of rotatable bonds is 3. The molecule has 2 N–H and O–H groups in total. The van der Waals surface area contributed by atoms with Gasteiger partial charge >= 0.3 is 0 Å². The van der Waals surface area contributed by atoms with Gasteiger partial charge in [-0.15, -0.1) is 0 Å². The van der Waals surface area contributed by atoms with Gasteiger partial charge in [0.25, 0.3) is 5.56 Å². The van der Waals surface area contributed by atoms with Crippen molar-refractivity contribution in [1.29, 1.82) is 0 Å². The Morgan fingerprint density at radius 2 is 2.13 bits per heavy atom. The van der Waals surface area contributed by atoms with Crippen LogP contribution in [0, 0.1) is 5.92 Å². The Bertz CT molecular complexity index is 416. The summed E-state index contributed by atoms with van der Waals surface area (Å²) < 4.78 is 1.89. The monoisotopic (exact) mass is 206 g/mol. The fourth-order valence-electron chi connectivity index (χ4n) is 1.92. The summed E-state index contributed by atoms with van der Waals surface area (Å²) in [4.78, 5) is 11.8. The maximum absolute atomic E-state index is 11.8. The van der Waals surface area contributed by atoms with Crippen LogP contribution in [-0.2, 0) is 6.54 Å². The molecule has 0 spiro atoms. The van der Waals surface area contributed by atoms with Gasteiger partial charge in [0.1, 0.15) is 0 Å². The Morgan fingerprint density at radius 3 is 2.67 bits per heavy atom. The molecule has 0 amide bonds. The zero-order valence-corrected chi connectivity index (χ0v) is 9.36. The minimum Gasteiger partial charge on any atom is -0.399 e. The van der Waals surface area contributed by atoms with Gasteiger partial charge < -0.3 is 10.3 Å². The van der Waals surface area contributed by atoms with Gasteiger partial charge in [-0.25, -0.2) is 0 Å². The molecule has 1 aromatic heterocycles. The lowest BCUT2D eigenvalue weighted by molar-refractivity contribution is 0.496. The second-order valence-electron chi connectivity index (χ2n) is 4.83. The highest BCUT2D eigenvalue weighted by atomic mass is 16.1. The lowest BCUT2D eigenvalue weighted by Crippen LogP contribution is -2.25. The van der Waals surface area contributed by atoms with Crippen molar-refractivity contribution < 1.29 is 0 Å². The Hall–Kier alpha value is -1.25. The first-order chi connectivity index (χ1) is 7.08. The number of hydrogen-bond acceptors (Lipinski definition) is 2. The Balaban J connectivity index is 2.44. The molecule has 0 aromatic carbocycles. The molecule has 0 unspecified atom stereocenters. The van der Waals surface area contributed by atoms with Crippen LogP contribution in [0.1, 0.15) is 38.3 Å². The van der Waals surface area contributed by atoms with E-state index in [9.17, 15) is 4.79 Å². The van der Waals surface area contributed by atoms with Crippen molar-refractivity contribution in [3.05, 3.63) is 28.2 Å². The number of pyridine rings is 1. The van der Waals surface area contributed by atoms with E-state index in [4.69, 9.17) is 5.73 Å². The fourth-order valence-corrected chi connectivity index (χ4v) is 1.92. The molecule has 82 valence electrons. The van der Waals surface area contributed by atoms with Crippen LogP contribution in [0.25, 0.3) is 0 Å². The SMILES string of the molecule is CC(C)Cn1c(C2CC2)cc(N)cc1=O. The molecular formula is C12H18N2O. The molecule has 3 nitrogen and oxygen atoms in total. The molecule has 0 atom stereocenters. The van der Waals surface area contributed by atoms with Crippen LogP contribution < -0.4 is 11.3 Å². The summed E-state index contributed by atoms with van der Waals surface area (Å²) in [6, 6.07) is 3.48. The molecule has 15 heavy (non-hydrogen) atoms. The van der Waals surface area contributed by atoms with Crippen LogP contribution in [-0.4, -0.2) is 4.57 Å². The maximum Gasteiger partial charge on any atom is 0.252 e. The second kappa shape index (κ2) is 3.72. The Kier molecular flexibility index (Phi) is 2.55. The summed E-state index contributed by atoms with van der Waals surface area (Å²) in [6.07, 6.45) is 2.39. The van der Waals surface area contributed by atoms with Crippen LogP contribution in [0.2, 0.25) is 0 Å². The standard InChI is InChI=1S/C12H18N2O/c1-8(2)7-14-11(9-3-4-9)5-10(13)6-12(14)15/h5-6,8-9H,3-4,7,13H2,1-2H3. The molecule has 1 saturated carbocycles. The van der Waals surface area contributed by atoms with Crippen molar-refractivity contribution in [3.63, 3.8) is 0 Å². The van der Waals surface area contributed by atoms with E-state index in [1.54, 1.807) is 0 Å². The van der Waals surface area contributed by atoms with E-state index >= 15 is 0 Å². The first-order valence-electron chi connectivity index (χ1n) is 5.58. The molecule has 1 aliphatic rings. The topological polar surface area (TPSA) is 48.0 Å². The van der Waals surface area contributed by atoms with Gasteiger partial charge in [-0.1, -0.05) is 13.8 Å². The summed E-state index contributed by atoms with van der Waals surface area (Å²) in [5.74, 6) is 1.06. The number of anilines is 1. The van der Waals surface area contributed by atoms with Crippen LogP contribution >= 0.6 is 0 Å². The highest BCUT2D eigenvalue weighted by Gasteiger charge is 2.27. The fraction of sp³-hybridized carbons (Fsp3) is 0.583. The zero-order chi connectivity index (χ0) is 11.0. The number of aromatic nitrogens is 1. The number of hydrogen-bond donors (Lipinski definition) is 1. The summed E-state index contributed by atoms with van der Waals surface area (Å²) in [7, 11) is 0. The summed E-state index contributed by atoms with van der Waals surface area (Å²) in [5, 5.41) is 0. The van der Waals surface area contributed by atoms with E-state index in [1.165, 1.54) is 18.9 Å². The second-order valence-corrected chi connectivity index (χ2v) is 4.83. The maximum atomic E-state index is 11.8. The van der Waals surface area contributed by atoms with Gasteiger partial charge in [0.05, 0.1) is 0 Å². The number of nitrogens with zero attached hydrogens (tertiary/aromatic N) is 1. The van der Waals surface area contributed by atoms with Gasteiger partial charge in [0.15, 0.2) is 0 Å². The molecule has 1 aromatic rings. The van der Waals surface area contributed by atoms with Crippen molar-refractivity contribution in [2.75, 3.05) is 5.73 Å². The van der Waals surface area contributed by atoms with E-state index in [1.807, 2.05) is 10.6 Å². The average Bonchev–Trinajstić information content (AvgIpc) is 2.91. The molecule has 0 radical (unpaired) electrons. The van der Waals surface area contributed by atoms with E-state index in [0.29, 0.717) is 17.5 Å². The Morgan fingerprint density at radius 1 is 1.47 bits per heavy atom. The third-order valence-corrected chi connectivity index (χ3v) is 2.73. The van der Waals surface area contributed by atoms with Gasteiger partial charge in [-0.3, -0.25) is 4.79 Å². The smallest absolute Gasteiger partial charge is 0.252 e. The average molecular weight is 206 g/mol. The normalized spacial score (nSPS) is 15.9. The lowest BCUT2D eigenvalue weighted by Gasteiger charge is -2.14. The van der Waals surface area contributed by atoms with Crippen LogP contribution in [0.3, 0.4) is 0 Å². The molecule has 3 heteroatoms. The first kappa shape index (κ1) is 10.3. The van der Waals surface area contributed by atoms with Crippen molar-refractivity contribution in [1.82, 2.24) is 4.57 Å². The van der Waals surface area contributed by atoms with Crippen LogP contribution in [0.4, 0.5) is 5.69 Å². The molecule has 0 saturated heterocycles. The van der Waals surface area contributed by atoms with Crippen molar-refractivity contribution >= 4 is 5.69 Å². The summed E-state index contributed by atoms with van der Waals surface area (Å²) >= 11 is 0. The minimum atomic E-state index is 0.0469. The highest BCUT2D eigenvalue weighted by molar-refractivity contribution is 5.40. The summed E-state index contributed by atoms with van der Waals surface area (Å²) in [6.45, 7) is 5.05. The number of nitrogens with two attached hydrogens (primary N) is 1. The number of nitrogen functional groups attached to an aromatic ring is 1. The molecule has 1 aliphatic carbocycles. The van der Waals surface area contributed by atoms with Crippen LogP contribution in [0.15, 0.2) is 16.9 Å². The Labute approximate surface area is 89.9 Å².